The Morgan fingerprint density at radius 3 is 2.54 bits per heavy atom. The number of hydrogen-bond acceptors (Lipinski definition) is 4. The second kappa shape index (κ2) is 7.76. The largest absolute Gasteiger partial charge is 0.493 e. The molecule has 0 radical (unpaired) electrons. The van der Waals surface area contributed by atoms with Gasteiger partial charge in [0.2, 0.25) is 0 Å². The Kier molecular flexibility index (Phi) is 5.02. The number of hydrogen-bond donors (Lipinski definition) is 1. The van der Waals surface area contributed by atoms with Crippen molar-refractivity contribution >= 4 is 5.91 Å². The van der Waals surface area contributed by atoms with E-state index in [1.54, 1.807) is 25.1 Å². The van der Waals surface area contributed by atoms with E-state index in [0.717, 1.165) is 11.3 Å². The van der Waals surface area contributed by atoms with Crippen LogP contribution in [0.2, 0.25) is 0 Å². The second-order valence-electron chi connectivity index (χ2n) is 6.89. The summed E-state index contributed by atoms with van der Waals surface area (Å²) in [5, 5.41) is 7.74. The normalized spacial score (nSPS) is 13.2. The van der Waals surface area contributed by atoms with Crippen molar-refractivity contribution in [1.29, 1.82) is 0 Å². The van der Waals surface area contributed by atoms with Crippen molar-refractivity contribution in [3.05, 3.63) is 60.3 Å². The number of aromatic nitrogens is 2. The van der Waals surface area contributed by atoms with Gasteiger partial charge >= 0.3 is 0 Å². The topological polar surface area (TPSA) is 65.4 Å². The zero-order chi connectivity index (χ0) is 19.5. The monoisotopic (exact) mass is 377 g/mol. The van der Waals surface area contributed by atoms with Crippen LogP contribution in [0, 0.1) is 5.92 Å². The molecule has 0 unspecified atom stereocenters. The van der Waals surface area contributed by atoms with E-state index in [1.807, 2.05) is 48.5 Å². The lowest BCUT2D eigenvalue weighted by Gasteiger charge is -2.09. The van der Waals surface area contributed by atoms with Crippen LogP contribution in [-0.4, -0.2) is 36.5 Å². The summed E-state index contributed by atoms with van der Waals surface area (Å²) in [6, 6.07) is 15.3. The van der Waals surface area contributed by atoms with Gasteiger partial charge in [0.05, 0.1) is 25.5 Å². The van der Waals surface area contributed by atoms with Crippen LogP contribution >= 0.6 is 0 Å². The lowest BCUT2D eigenvalue weighted by Crippen LogP contribution is -2.25. The summed E-state index contributed by atoms with van der Waals surface area (Å²) < 4.78 is 12.5. The fourth-order valence-corrected chi connectivity index (χ4v) is 3.10. The SMILES string of the molecule is COc1ccc(-c2nn(-c3ccccc3)cc2C(=O)NCC2CC2)cc1OC. The van der Waals surface area contributed by atoms with Gasteiger partial charge in [0.25, 0.3) is 5.91 Å². The number of rotatable bonds is 7. The van der Waals surface area contributed by atoms with Crippen molar-refractivity contribution in [1.82, 2.24) is 15.1 Å². The number of para-hydroxylation sites is 1. The summed E-state index contributed by atoms with van der Waals surface area (Å²) >= 11 is 0. The third kappa shape index (κ3) is 3.71. The van der Waals surface area contributed by atoms with E-state index in [-0.39, 0.29) is 5.91 Å². The fourth-order valence-electron chi connectivity index (χ4n) is 3.10. The molecular formula is C22H23N3O3. The molecule has 6 nitrogen and oxygen atoms in total. The first kappa shape index (κ1) is 18.1. The first-order valence-electron chi connectivity index (χ1n) is 9.35. The molecule has 1 aliphatic carbocycles. The van der Waals surface area contributed by atoms with Gasteiger partial charge in [-0.25, -0.2) is 4.68 Å². The molecule has 0 saturated heterocycles. The first-order chi connectivity index (χ1) is 13.7. The van der Waals surface area contributed by atoms with Gasteiger partial charge in [0.1, 0.15) is 5.69 Å². The Hall–Kier alpha value is -3.28. The van der Waals surface area contributed by atoms with Crippen molar-refractivity contribution in [3.8, 4) is 28.4 Å². The fraction of sp³-hybridized carbons (Fsp3) is 0.273. The summed E-state index contributed by atoms with van der Waals surface area (Å²) in [4.78, 5) is 12.9. The predicted molar refractivity (Wildman–Crippen MR) is 107 cm³/mol. The molecule has 28 heavy (non-hydrogen) atoms. The molecule has 1 aliphatic rings. The maximum Gasteiger partial charge on any atom is 0.255 e. The quantitative estimate of drug-likeness (QED) is 0.682. The van der Waals surface area contributed by atoms with Gasteiger partial charge in [-0.15, -0.1) is 0 Å². The van der Waals surface area contributed by atoms with Crippen LogP contribution in [-0.2, 0) is 0 Å². The van der Waals surface area contributed by atoms with Crippen molar-refractivity contribution in [2.75, 3.05) is 20.8 Å². The van der Waals surface area contributed by atoms with E-state index in [2.05, 4.69) is 5.32 Å². The molecule has 0 spiro atoms. The third-order valence-electron chi connectivity index (χ3n) is 4.88. The number of carbonyl (C=O) groups excluding carboxylic acids is 1. The molecular weight excluding hydrogens is 354 g/mol. The second-order valence-corrected chi connectivity index (χ2v) is 6.89. The summed E-state index contributed by atoms with van der Waals surface area (Å²) in [5.74, 6) is 1.73. The lowest BCUT2D eigenvalue weighted by molar-refractivity contribution is 0.0952. The minimum Gasteiger partial charge on any atom is -0.493 e. The van der Waals surface area contributed by atoms with Crippen molar-refractivity contribution in [3.63, 3.8) is 0 Å². The number of ether oxygens (including phenoxy) is 2. The standard InChI is InChI=1S/C22H23N3O3/c1-27-19-11-10-16(12-20(19)28-2)21-18(22(26)23-13-15-8-9-15)14-25(24-21)17-6-4-3-5-7-17/h3-7,10-12,14-15H,8-9,13H2,1-2H3,(H,23,26). The maximum absolute atomic E-state index is 12.9. The number of amides is 1. The van der Waals surface area contributed by atoms with Gasteiger partial charge in [-0.05, 0) is 49.1 Å². The van der Waals surface area contributed by atoms with Gasteiger partial charge in [-0.2, -0.15) is 5.10 Å². The van der Waals surface area contributed by atoms with Crippen LogP contribution < -0.4 is 14.8 Å². The molecule has 4 rings (SSSR count). The van der Waals surface area contributed by atoms with Gasteiger partial charge in [0, 0.05) is 18.3 Å². The summed E-state index contributed by atoms with van der Waals surface area (Å²) in [6.07, 6.45) is 4.15. The van der Waals surface area contributed by atoms with Crippen molar-refractivity contribution < 1.29 is 14.3 Å². The number of benzene rings is 2. The molecule has 1 N–H and O–H groups in total. The van der Waals surface area contributed by atoms with E-state index in [4.69, 9.17) is 14.6 Å². The highest BCUT2D eigenvalue weighted by Crippen LogP contribution is 2.33. The smallest absolute Gasteiger partial charge is 0.255 e. The van der Waals surface area contributed by atoms with Crippen molar-refractivity contribution in [2.24, 2.45) is 5.92 Å². The molecule has 2 aromatic carbocycles. The predicted octanol–water partition coefficient (Wildman–Crippen LogP) is 3.70. The number of methoxy groups -OCH3 is 2. The van der Waals surface area contributed by atoms with Crippen LogP contribution in [0.4, 0.5) is 0 Å². The Balaban J connectivity index is 1.75. The van der Waals surface area contributed by atoms with Crippen LogP contribution in [0.1, 0.15) is 23.2 Å². The van der Waals surface area contributed by atoms with Gasteiger partial charge in [0.15, 0.2) is 11.5 Å². The van der Waals surface area contributed by atoms with Gasteiger partial charge in [-0.3, -0.25) is 4.79 Å². The highest BCUT2D eigenvalue weighted by atomic mass is 16.5. The third-order valence-corrected chi connectivity index (χ3v) is 4.88. The maximum atomic E-state index is 12.9. The highest BCUT2D eigenvalue weighted by molar-refractivity contribution is 6.00. The minimum absolute atomic E-state index is 0.112. The molecule has 1 amide bonds. The van der Waals surface area contributed by atoms with Gasteiger partial charge < -0.3 is 14.8 Å². The van der Waals surface area contributed by atoms with E-state index in [1.165, 1.54) is 12.8 Å². The molecule has 6 heteroatoms. The van der Waals surface area contributed by atoms with Crippen LogP contribution in [0.25, 0.3) is 16.9 Å². The van der Waals surface area contributed by atoms with Crippen LogP contribution in [0.5, 0.6) is 11.5 Å². The van der Waals surface area contributed by atoms with Crippen LogP contribution in [0.15, 0.2) is 54.7 Å². The van der Waals surface area contributed by atoms with Crippen LogP contribution in [0.3, 0.4) is 0 Å². The number of nitrogens with zero attached hydrogens (tertiary/aromatic N) is 2. The average molecular weight is 377 g/mol. The summed E-state index contributed by atoms with van der Waals surface area (Å²) in [7, 11) is 3.19. The molecule has 144 valence electrons. The molecule has 1 aromatic heterocycles. The van der Waals surface area contributed by atoms with E-state index < -0.39 is 0 Å². The zero-order valence-corrected chi connectivity index (χ0v) is 16.0. The average Bonchev–Trinajstić information content (AvgIpc) is 3.47. The molecule has 0 atom stereocenters. The summed E-state index contributed by atoms with van der Waals surface area (Å²) in [6.45, 7) is 0.709. The van der Waals surface area contributed by atoms with Crippen molar-refractivity contribution in [2.45, 2.75) is 12.8 Å². The summed E-state index contributed by atoms with van der Waals surface area (Å²) in [5.41, 5.74) is 2.84. The minimum atomic E-state index is -0.112. The molecule has 1 heterocycles. The molecule has 0 aliphatic heterocycles. The van der Waals surface area contributed by atoms with E-state index in [0.29, 0.717) is 35.2 Å². The Morgan fingerprint density at radius 2 is 1.86 bits per heavy atom. The molecule has 0 bridgehead atoms. The highest BCUT2D eigenvalue weighted by Gasteiger charge is 2.24. The van der Waals surface area contributed by atoms with E-state index >= 15 is 0 Å². The molecule has 1 fully saturated rings. The Labute approximate surface area is 164 Å². The first-order valence-corrected chi connectivity index (χ1v) is 9.35. The van der Waals surface area contributed by atoms with E-state index in [9.17, 15) is 4.79 Å². The zero-order valence-electron chi connectivity index (χ0n) is 16.0. The molecule has 3 aromatic rings. The lowest BCUT2D eigenvalue weighted by atomic mass is 10.1. The number of nitrogens with one attached hydrogen (secondary N) is 1. The molecule has 1 saturated carbocycles. The Bertz CT molecular complexity index is 978. The Morgan fingerprint density at radius 1 is 1.11 bits per heavy atom. The van der Waals surface area contributed by atoms with Gasteiger partial charge in [-0.1, -0.05) is 18.2 Å². The number of carbonyl (C=O) groups is 1.